The molecule has 1 aromatic carbocycles. The van der Waals surface area contributed by atoms with Crippen molar-refractivity contribution in [1.82, 2.24) is 19.4 Å². The smallest absolute Gasteiger partial charge is 0.258 e. The summed E-state index contributed by atoms with van der Waals surface area (Å²) in [7, 11) is 0. The lowest BCUT2D eigenvalue weighted by Gasteiger charge is -2.34. The second-order valence-electron chi connectivity index (χ2n) is 8.67. The van der Waals surface area contributed by atoms with E-state index in [0.717, 1.165) is 31.4 Å². The molecule has 0 radical (unpaired) electrons. The van der Waals surface area contributed by atoms with E-state index in [4.69, 9.17) is 10.5 Å². The third-order valence-corrected chi connectivity index (χ3v) is 6.54. The minimum Gasteiger partial charge on any atom is -0.398 e. The molecule has 1 aliphatic heterocycles. The number of rotatable bonds is 4. The van der Waals surface area contributed by atoms with Crippen molar-refractivity contribution in [1.29, 1.82) is 0 Å². The number of ether oxygens (including phenoxy) is 1. The number of carbonyl (C=O) groups excluding carboxylic acids is 1. The molecule has 1 aliphatic carbocycles. The van der Waals surface area contributed by atoms with Crippen LogP contribution in [0.15, 0.2) is 47.4 Å². The number of nitrogens with two attached hydrogens (primary N) is 1. The van der Waals surface area contributed by atoms with Gasteiger partial charge in [-0.3, -0.25) is 14.2 Å². The van der Waals surface area contributed by atoms with Crippen LogP contribution in [-0.4, -0.2) is 57.7 Å². The van der Waals surface area contributed by atoms with Crippen LogP contribution in [-0.2, 0) is 9.53 Å². The summed E-state index contributed by atoms with van der Waals surface area (Å²) in [5.74, 6) is 0.780. The van der Waals surface area contributed by atoms with Gasteiger partial charge in [0.15, 0.2) is 5.65 Å². The zero-order chi connectivity index (χ0) is 22.8. The molecule has 172 valence electrons. The zero-order valence-corrected chi connectivity index (χ0v) is 18.4. The number of aromatic nitrogens is 3. The summed E-state index contributed by atoms with van der Waals surface area (Å²) in [6.45, 7) is 2.63. The van der Waals surface area contributed by atoms with Crippen LogP contribution in [0.1, 0.15) is 25.7 Å². The number of carbonyl (C=O) groups is 1. The quantitative estimate of drug-likeness (QED) is 0.629. The number of nitrogens with one attached hydrogen (secondary N) is 1. The number of anilines is 2. The summed E-state index contributed by atoms with van der Waals surface area (Å²) >= 11 is 0. The Kier molecular flexibility index (Phi) is 5.95. The lowest BCUT2D eigenvalue weighted by molar-refractivity contribution is -0.140. The van der Waals surface area contributed by atoms with Crippen molar-refractivity contribution in [3.05, 3.63) is 52.9 Å². The molecule has 0 atom stereocenters. The summed E-state index contributed by atoms with van der Waals surface area (Å²) in [6.07, 6.45) is 5.06. The standard InChI is InChI=1S/C24H28N6O3/c25-20-14-21(31)30(18-4-2-1-3-5-18)22-19(20)15-26-24(28-22)27-17-8-6-16(7-9-17)23(32)29-10-12-33-13-11-29/h1-5,14-17H,6-13,25H2,(H,26,27,28)/t16-,17-. The van der Waals surface area contributed by atoms with E-state index in [1.165, 1.54) is 6.07 Å². The van der Waals surface area contributed by atoms with Gasteiger partial charge in [-0.1, -0.05) is 18.2 Å². The van der Waals surface area contributed by atoms with Gasteiger partial charge in [-0.2, -0.15) is 4.98 Å². The second-order valence-corrected chi connectivity index (χ2v) is 8.67. The average molecular weight is 449 g/mol. The van der Waals surface area contributed by atoms with Crippen LogP contribution in [0.5, 0.6) is 0 Å². The number of morpholine rings is 1. The van der Waals surface area contributed by atoms with E-state index in [1.807, 2.05) is 35.2 Å². The van der Waals surface area contributed by atoms with Crippen molar-refractivity contribution in [3.8, 4) is 5.69 Å². The van der Waals surface area contributed by atoms with E-state index in [-0.39, 0.29) is 23.4 Å². The van der Waals surface area contributed by atoms with Crippen molar-refractivity contribution < 1.29 is 9.53 Å². The Hall–Kier alpha value is -3.46. The van der Waals surface area contributed by atoms with Crippen molar-refractivity contribution in [2.45, 2.75) is 31.7 Å². The Morgan fingerprint density at radius 1 is 1.09 bits per heavy atom. The van der Waals surface area contributed by atoms with E-state index in [9.17, 15) is 9.59 Å². The maximum Gasteiger partial charge on any atom is 0.258 e. The van der Waals surface area contributed by atoms with Gasteiger partial charge >= 0.3 is 0 Å². The molecular formula is C24H28N6O3. The van der Waals surface area contributed by atoms with Crippen molar-refractivity contribution in [3.63, 3.8) is 0 Å². The summed E-state index contributed by atoms with van der Waals surface area (Å²) in [5, 5.41) is 4.03. The van der Waals surface area contributed by atoms with Gasteiger partial charge in [0.05, 0.1) is 24.3 Å². The molecule has 0 bridgehead atoms. The van der Waals surface area contributed by atoms with Crippen LogP contribution in [0.4, 0.5) is 11.6 Å². The van der Waals surface area contributed by atoms with Crippen molar-refractivity contribution >= 4 is 28.6 Å². The number of pyridine rings is 1. The highest BCUT2D eigenvalue weighted by Gasteiger charge is 2.30. The zero-order valence-electron chi connectivity index (χ0n) is 18.4. The van der Waals surface area contributed by atoms with E-state index >= 15 is 0 Å². The Morgan fingerprint density at radius 3 is 2.55 bits per heavy atom. The number of amides is 1. The minimum absolute atomic E-state index is 0.0710. The van der Waals surface area contributed by atoms with Gasteiger partial charge in [0, 0.05) is 43.0 Å². The Bertz CT molecular complexity index is 1200. The molecule has 3 N–H and O–H groups in total. The third kappa shape index (κ3) is 4.41. The van der Waals surface area contributed by atoms with E-state index in [1.54, 1.807) is 10.8 Å². The number of hydrogen-bond donors (Lipinski definition) is 2. The molecule has 9 heteroatoms. The van der Waals surface area contributed by atoms with E-state index in [2.05, 4.69) is 15.3 Å². The molecule has 2 aromatic heterocycles. The number of hydrogen-bond acceptors (Lipinski definition) is 7. The van der Waals surface area contributed by atoms with Gasteiger partial charge < -0.3 is 20.7 Å². The maximum atomic E-state index is 12.8. The van der Waals surface area contributed by atoms with Crippen LogP contribution in [0.3, 0.4) is 0 Å². The second kappa shape index (κ2) is 9.19. The lowest BCUT2D eigenvalue weighted by Crippen LogP contribution is -2.45. The van der Waals surface area contributed by atoms with Gasteiger partial charge in [0.25, 0.3) is 5.56 Å². The van der Waals surface area contributed by atoms with Crippen LogP contribution in [0.2, 0.25) is 0 Å². The first-order valence-electron chi connectivity index (χ1n) is 11.5. The molecule has 0 spiro atoms. The molecule has 3 aromatic rings. The Labute approximate surface area is 191 Å². The molecule has 5 rings (SSSR count). The molecule has 33 heavy (non-hydrogen) atoms. The highest BCUT2D eigenvalue weighted by molar-refractivity contribution is 5.88. The Morgan fingerprint density at radius 2 is 1.82 bits per heavy atom. The van der Waals surface area contributed by atoms with E-state index < -0.39 is 0 Å². The lowest BCUT2D eigenvalue weighted by atomic mass is 9.85. The average Bonchev–Trinajstić information content (AvgIpc) is 2.85. The molecule has 1 saturated carbocycles. The van der Waals surface area contributed by atoms with Gasteiger partial charge in [-0.25, -0.2) is 4.98 Å². The number of nitrogen functional groups attached to an aromatic ring is 1. The molecular weight excluding hydrogens is 420 g/mol. The van der Waals surface area contributed by atoms with Gasteiger partial charge in [0.1, 0.15) is 0 Å². The maximum absolute atomic E-state index is 12.8. The van der Waals surface area contributed by atoms with Crippen LogP contribution >= 0.6 is 0 Å². The van der Waals surface area contributed by atoms with Gasteiger partial charge in [-0.15, -0.1) is 0 Å². The summed E-state index contributed by atoms with van der Waals surface area (Å²) in [6, 6.07) is 10.9. The van der Waals surface area contributed by atoms with Crippen LogP contribution in [0, 0.1) is 5.92 Å². The fourth-order valence-electron chi connectivity index (χ4n) is 4.73. The normalized spacial score (nSPS) is 21.2. The number of benzene rings is 1. The van der Waals surface area contributed by atoms with Crippen LogP contribution < -0.4 is 16.6 Å². The Balaban J connectivity index is 1.33. The summed E-state index contributed by atoms with van der Waals surface area (Å²) in [5.41, 5.74) is 7.40. The molecule has 9 nitrogen and oxygen atoms in total. The van der Waals surface area contributed by atoms with Gasteiger partial charge in [-0.05, 0) is 37.8 Å². The summed E-state index contributed by atoms with van der Waals surface area (Å²) < 4.78 is 6.91. The first kappa shape index (κ1) is 21.4. The molecule has 0 unspecified atom stereocenters. The monoisotopic (exact) mass is 448 g/mol. The van der Waals surface area contributed by atoms with Crippen LogP contribution in [0.25, 0.3) is 16.7 Å². The first-order valence-corrected chi connectivity index (χ1v) is 11.5. The number of nitrogens with zero attached hydrogens (tertiary/aromatic N) is 4. The van der Waals surface area contributed by atoms with Crippen molar-refractivity contribution in [2.24, 2.45) is 5.92 Å². The predicted octanol–water partition coefficient (Wildman–Crippen LogP) is 2.19. The third-order valence-electron chi connectivity index (χ3n) is 6.54. The highest BCUT2D eigenvalue weighted by Crippen LogP contribution is 2.28. The molecule has 1 amide bonds. The topological polar surface area (TPSA) is 115 Å². The largest absolute Gasteiger partial charge is 0.398 e. The number of fused-ring (bicyclic) bond motifs is 1. The summed E-state index contributed by atoms with van der Waals surface area (Å²) in [4.78, 5) is 36.6. The van der Waals surface area contributed by atoms with Crippen molar-refractivity contribution in [2.75, 3.05) is 37.4 Å². The van der Waals surface area contributed by atoms with Gasteiger partial charge in [0.2, 0.25) is 11.9 Å². The molecule has 3 heterocycles. The first-order chi connectivity index (χ1) is 16.1. The molecule has 2 fully saturated rings. The predicted molar refractivity (Wildman–Crippen MR) is 126 cm³/mol. The SMILES string of the molecule is Nc1cc(=O)n(-c2ccccc2)c2nc(N[C@H]3CC[C@H](C(=O)N4CCOCC4)CC3)ncc12. The minimum atomic E-state index is -0.238. The molecule has 2 aliphatic rings. The van der Waals surface area contributed by atoms with E-state index in [0.29, 0.717) is 49.0 Å². The molecule has 1 saturated heterocycles. The number of para-hydroxylation sites is 1. The fourth-order valence-corrected chi connectivity index (χ4v) is 4.73. The highest BCUT2D eigenvalue weighted by atomic mass is 16.5. The fraction of sp³-hybridized carbons (Fsp3) is 0.417.